The molecule has 0 aromatic carbocycles. The number of Topliss-reactive ketones (excluding diaryl/α,β-unsaturated/α-hetero) is 1. The lowest BCUT2D eigenvalue weighted by Gasteiger charge is -1.98. The minimum atomic E-state index is -0.421. The molecule has 1 aromatic rings. The van der Waals surface area contributed by atoms with Gasteiger partial charge in [0.1, 0.15) is 0 Å². The molecular weight excluding hydrogens is 160 g/mol. The van der Waals surface area contributed by atoms with E-state index in [1.54, 1.807) is 13.0 Å². The highest BCUT2D eigenvalue weighted by molar-refractivity contribution is 7.08. The number of hydrogen-bond acceptors (Lipinski definition) is 4. The first-order valence-electron chi connectivity index (χ1n) is 3.34. The molecule has 11 heavy (non-hydrogen) atoms. The summed E-state index contributed by atoms with van der Waals surface area (Å²) < 4.78 is 3.99. The molecule has 2 N–H and O–H groups in total. The van der Waals surface area contributed by atoms with E-state index in [0.717, 1.165) is 5.69 Å². The van der Waals surface area contributed by atoms with E-state index in [4.69, 9.17) is 5.73 Å². The maximum atomic E-state index is 11.2. The lowest BCUT2D eigenvalue weighted by molar-refractivity contribution is 0.0972. The Kier molecular flexibility index (Phi) is 2.36. The fraction of sp³-hybridized carbons (Fsp3) is 0.429. The van der Waals surface area contributed by atoms with Crippen molar-refractivity contribution in [3.8, 4) is 0 Å². The quantitative estimate of drug-likeness (QED) is 0.673. The first-order chi connectivity index (χ1) is 5.11. The Morgan fingerprint density at radius 2 is 2.45 bits per heavy atom. The van der Waals surface area contributed by atoms with E-state index in [1.807, 2.05) is 6.92 Å². The van der Waals surface area contributed by atoms with Gasteiger partial charge >= 0.3 is 0 Å². The van der Waals surface area contributed by atoms with E-state index in [1.165, 1.54) is 11.5 Å². The molecule has 0 saturated carbocycles. The Balaban J connectivity index is 2.85. The van der Waals surface area contributed by atoms with Crippen molar-refractivity contribution in [3.63, 3.8) is 0 Å². The average molecular weight is 170 g/mol. The van der Waals surface area contributed by atoms with E-state index in [2.05, 4.69) is 4.37 Å². The Morgan fingerprint density at radius 3 is 2.82 bits per heavy atom. The molecule has 0 aliphatic heterocycles. The van der Waals surface area contributed by atoms with Gasteiger partial charge in [0.2, 0.25) is 0 Å². The van der Waals surface area contributed by atoms with E-state index < -0.39 is 6.04 Å². The normalized spacial score (nSPS) is 13.0. The minimum absolute atomic E-state index is 0.0319. The smallest absolute Gasteiger partial charge is 0.190 e. The summed E-state index contributed by atoms with van der Waals surface area (Å²) in [5.41, 5.74) is 6.28. The Morgan fingerprint density at radius 1 is 1.82 bits per heavy atom. The molecule has 0 aliphatic carbocycles. The first-order valence-corrected chi connectivity index (χ1v) is 4.11. The molecule has 0 bridgehead atoms. The topological polar surface area (TPSA) is 56.0 Å². The highest BCUT2D eigenvalue weighted by Gasteiger charge is 2.12. The molecule has 60 valence electrons. The van der Waals surface area contributed by atoms with Crippen LogP contribution < -0.4 is 5.73 Å². The van der Waals surface area contributed by atoms with Crippen LogP contribution >= 0.6 is 11.5 Å². The average Bonchev–Trinajstić information content (AvgIpc) is 2.34. The molecule has 0 spiro atoms. The van der Waals surface area contributed by atoms with Gasteiger partial charge in [0.15, 0.2) is 5.78 Å². The Labute approximate surface area is 69.4 Å². The van der Waals surface area contributed by atoms with Gasteiger partial charge in [-0.3, -0.25) is 4.79 Å². The van der Waals surface area contributed by atoms with Crippen LogP contribution in [0.1, 0.15) is 22.3 Å². The molecule has 4 heteroatoms. The molecule has 1 unspecified atom stereocenters. The predicted molar refractivity (Wildman–Crippen MR) is 44.8 cm³/mol. The van der Waals surface area contributed by atoms with Gasteiger partial charge < -0.3 is 5.73 Å². The second-order valence-corrected chi connectivity index (χ2v) is 3.29. The van der Waals surface area contributed by atoms with Crippen LogP contribution in [-0.4, -0.2) is 16.2 Å². The summed E-state index contributed by atoms with van der Waals surface area (Å²) in [5.74, 6) is -0.0319. The third-order valence-electron chi connectivity index (χ3n) is 1.28. The van der Waals surface area contributed by atoms with Crippen molar-refractivity contribution in [1.82, 2.24) is 4.37 Å². The summed E-state index contributed by atoms with van der Waals surface area (Å²) in [6.45, 7) is 3.53. The summed E-state index contributed by atoms with van der Waals surface area (Å²) in [4.78, 5) is 11.9. The number of rotatable bonds is 2. The summed E-state index contributed by atoms with van der Waals surface area (Å²) in [6.07, 6.45) is 0. The van der Waals surface area contributed by atoms with Crippen LogP contribution in [0, 0.1) is 6.92 Å². The molecule has 0 saturated heterocycles. The number of hydrogen-bond donors (Lipinski definition) is 1. The number of nitrogens with two attached hydrogens (primary N) is 1. The zero-order valence-corrected chi connectivity index (χ0v) is 7.31. The zero-order valence-electron chi connectivity index (χ0n) is 6.50. The van der Waals surface area contributed by atoms with Crippen molar-refractivity contribution in [1.29, 1.82) is 0 Å². The number of carbonyl (C=O) groups excluding carboxylic acids is 1. The highest BCUT2D eigenvalue weighted by Crippen LogP contribution is 2.10. The first kappa shape index (κ1) is 8.36. The number of aromatic nitrogens is 1. The van der Waals surface area contributed by atoms with Gasteiger partial charge in [0.25, 0.3) is 0 Å². The summed E-state index contributed by atoms with van der Waals surface area (Å²) in [6, 6.07) is 1.34. The van der Waals surface area contributed by atoms with Crippen molar-refractivity contribution in [3.05, 3.63) is 16.6 Å². The van der Waals surface area contributed by atoms with Gasteiger partial charge in [0.05, 0.1) is 16.6 Å². The van der Waals surface area contributed by atoms with Gasteiger partial charge in [-0.15, -0.1) is 0 Å². The van der Waals surface area contributed by atoms with E-state index >= 15 is 0 Å². The third kappa shape index (κ3) is 1.85. The highest BCUT2D eigenvalue weighted by atomic mass is 32.1. The molecule has 0 amide bonds. The van der Waals surface area contributed by atoms with Crippen LogP contribution in [0.25, 0.3) is 0 Å². The molecule has 0 fully saturated rings. The minimum Gasteiger partial charge on any atom is -0.321 e. The van der Waals surface area contributed by atoms with Gasteiger partial charge in [-0.2, -0.15) is 4.37 Å². The molecule has 1 heterocycles. The number of nitrogens with zero attached hydrogens (tertiary/aromatic N) is 1. The van der Waals surface area contributed by atoms with Crippen molar-refractivity contribution < 1.29 is 4.79 Å². The van der Waals surface area contributed by atoms with Crippen LogP contribution in [0.5, 0.6) is 0 Å². The molecule has 0 radical (unpaired) electrons. The molecule has 1 rings (SSSR count). The van der Waals surface area contributed by atoms with E-state index in [9.17, 15) is 4.79 Å². The van der Waals surface area contributed by atoms with Crippen LogP contribution in [0.4, 0.5) is 0 Å². The van der Waals surface area contributed by atoms with Crippen LogP contribution in [0.15, 0.2) is 6.07 Å². The number of carbonyl (C=O) groups is 1. The lowest BCUT2D eigenvalue weighted by Crippen LogP contribution is -2.25. The predicted octanol–water partition coefficient (Wildman–Crippen LogP) is 0.981. The molecule has 1 aromatic heterocycles. The van der Waals surface area contributed by atoms with Crippen LogP contribution in [0.2, 0.25) is 0 Å². The monoisotopic (exact) mass is 170 g/mol. The molecule has 0 aliphatic rings. The number of aryl methyl sites for hydroxylation is 1. The fourth-order valence-electron chi connectivity index (χ4n) is 0.704. The fourth-order valence-corrected chi connectivity index (χ4v) is 1.50. The Bertz CT molecular complexity index is 267. The van der Waals surface area contributed by atoms with E-state index in [0.29, 0.717) is 4.88 Å². The largest absolute Gasteiger partial charge is 0.321 e. The van der Waals surface area contributed by atoms with E-state index in [-0.39, 0.29) is 5.78 Å². The second-order valence-electron chi connectivity index (χ2n) is 2.49. The maximum absolute atomic E-state index is 11.2. The third-order valence-corrected chi connectivity index (χ3v) is 2.18. The standard InChI is InChI=1S/C7H10N2OS/c1-4-3-6(11-9-4)7(10)5(2)8/h3,5H,8H2,1-2H3. The zero-order chi connectivity index (χ0) is 8.43. The summed E-state index contributed by atoms with van der Waals surface area (Å²) in [7, 11) is 0. The summed E-state index contributed by atoms with van der Waals surface area (Å²) >= 11 is 1.21. The van der Waals surface area contributed by atoms with Gasteiger partial charge in [-0.25, -0.2) is 0 Å². The van der Waals surface area contributed by atoms with Gasteiger partial charge in [0, 0.05) is 0 Å². The van der Waals surface area contributed by atoms with Crippen LogP contribution in [-0.2, 0) is 0 Å². The Hall–Kier alpha value is -0.740. The lowest BCUT2D eigenvalue weighted by atomic mass is 10.2. The molecular formula is C7H10N2OS. The molecule has 3 nitrogen and oxygen atoms in total. The van der Waals surface area contributed by atoms with Crippen molar-refractivity contribution in [2.45, 2.75) is 19.9 Å². The summed E-state index contributed by atoms with van der Waals surface area (Å²) in [5, 5.41) is 0. The van der Waals surface area contributed by atoms with Crippen LogP contribution in [0.3, 0.4) is 0 Å². The number of ketones is 1. The van der Waals surface area contributed by atoms with Crippen molar-refractivity contribution in [2.75, 3.05) is 0 Å². The van der Waals surface area contributed by atoms with Crippen molar-refractivity contribution in [2.24, 2.45) is 5.73 Å². The second kappa shape index (κ2) is 3.11. The van der Waals surface area contributed by atoms with Crippen molar-refractivity contribution >= 4 is 17.3 Å². The van der Waals surface area contributed by atoms with Gasteiger partial charge in [-0.1, -0.05) is 0 Å². The van der Waals surface area contributed by atoms with Gasteiger partial charge in [-0.05, 0) is 31.4 Å². The molecule has 1 atom stereocenters. The maximum Gasteiger partial charge on any atom is 0.190 e. The SMILES string of the molecule is Cc1cc(C(=O)C(C)N)sn1.